The first kappa shape index (κ1) is 16.0. The van der Waals surface area contributed by atoms with Crippen LogP contribution >= 0.6 is 12.4 Å². The Morgan fingerprint density at radius 1 is 1.37 bits per heavy atom. The van der Waals surface area contributed by atoms with Crippen molar-refractivity contribution in [3.63, 3.8) is 0 Å². The molecule has 0 bridgehead atoms. The van der Waals surface area contributed by atoms with E-state index in [1.807, 2.05) is 38.2 Å². The third-order valence-electron chi connectivity index (χ3n) is 4.10. The minimum Gasteiger partial charge on any atom is -0.329 e. The van der Waals surface area contributed by atoms with Gasteiger partial charge in [-0.25, -0.2) is 0 Å². The van der Waals surface area contributed by atoms with Gasteiger partial charge in [-0.3, -0.25) is 4.79 Å². The van der Waals surface area contributed by atoms with Crippen LogP contribution in [-0.4, -0.2) is 19.5 Å². The second-order valence-electron chi connectivity index (χ2n) is 5.39. The van der Waals surface area contributed by atoms with Gasteiger partial charge >= 0.3 is 0 Å². The van der Waals surface area contributed by atoms with Crippen molar-refractivity contribution in [3.8, 4) is 0 Å². The Morgan fingerprint density at radius 3 is 2.53 bits per heavy atom. The first-order valence-electron chi connectivity index (χ1n) is 6.64. The summed E-state index contributed by atoms with van der Waals surface area (Å²) in [7, 11) is 1.85. The zero-order valence-corrected chi connectivity index (χ0v) is 12.5. The minimum atomic E-state index is -0.321. The number of hydrogen-bond acceptors (Lipinski definition) is 2. The molecule has 0 saturated heterocycles. The number of amides is 1. The van der Waals surface area contributed by atoms with Crippen molar-refractivity contribution in [2.45, 2.75) is 32.6 Å². The van der Waals surface area contributed by atoms with Gasteiger partial charge < -0.3 is 10.6 Å². The molecule has 106 valence electrons. The van der Waals surface area contributed by atoms with Gasteiger partial charge in [0.1, 0.15) is 0 Å². The Morgan fingerprint density at radius 2 is 2.00 bits per heavy atom. The molecule has 3 nitrogen and oxygen atoms in total. The molecule has 1 amide bonds. The van der Waals surface area contributed by atoms with Gasteiger partial charge in [0.15, 0.2) is 0 Å². The maximum atomic E-state index is 12.7. The zero-order chi connectivity index (χ0) is 13.2. The van der Waals surface area contributed by atoms with Crippen LogP contribution in [0.4, 0.5) is 5.69 Å². The molecule has 0 aliphatic heterocycles. The third kappa shape index (κ3) is 3.10. The monoisotopic (exact) mass is 282 g/mol. The molecule has 0 radical (unpaired) electrons. The highest BCUT2D eigenvalue weighted by Gasteiger charge is 2.41. The summed E-state index contributed by atoms with van der Waals surface area (Å²) < 4.78 is 0. The highest BCUT2D eigenvalue weighted by molar-refractivity contribution is 5.97. The molecular weight excluding hydrogens is 260 g/mol. The fourth-order valence-corrected chi connectivity index (χ4v) is 2.87. The third-order valence-corrected chi connectivity index (χ3v) is 4.10. The summed E-state index contributed by atoms with van der Waals surface area (Å²) in [6, 6.07) is 8.04. The van der Waals surface area contributed by atoms with Gasteiger partial charge in [0.05, 0.1) is 5.41 Å². The van der Waals surface area contributed by atoms with Crippen molar-refractivity contribution in [1.82, 2.24) is 0 Å². The van der Waals surface area contributed by atoms with E-state index in [2.05, 4.69) is 0 Å². The quantitative estimate of drug-likeness (QED) is 0.927. The molecule has 1 aliphatic carbocycles. The van der Waals surface area contributed by atoms with Crippen LogP contribution in [0.25, 0.3) is 0 Å². The van der Waals surface area contributed by atoms with Gasteiger partial charge in [-0.1, -0.05) is 25.0 Å². The molecule has 0 heterocycles. The molecule has 1 saturated carbocycles. The molecule has 4 heteroatoms. The van der Waals surface area contributed by atoms with E-state index in [-0.39, 0.29) is 23.7 Å². The Bertz CT molecular complexity index is 442. The molecule has 1 aromatic carbocycles. The summed E-state index contributed by atoms with van der Waals surface area (Å²) in [6.45, 7) is 2.50. The van der Waals surface area contributed by atoms with Crippen LogP contribution in [0.2, 0.25) is 0 Å². The van der Waals surface area contributed by atoms with E-state index in [4.69, 9.17) is 5.73 Å². The lowest BCUT2D eigenvalue weighted by atomic mass is 9.84. The van der Waals surface area contributed by atoms with E-state index in [1.54, 1.807) is 4.90 Å². The Hall–Kier alpha value is -1.06. The molecule has 1 aromatic rings. The molecule has 0 spiro atoms. The molecule has 19 heavy (non-hydrogen) atoms. The normalized spacial score (nSPS) is 16.8. The smallest absolute Gasteiger partial charge is 0.234 e. The fourth-order valence-electron chi connectivity index (χ4n) is 2.87. The molecule has 1 fully saturated rings. The molecule has 2 N–H and O–H groups in total. The summed E-state index contributed by atoms with van der Waals surface area (Å²) in [5.41, 5.74) is 7.67. The Labute approximate surface area is 121 Å². The number of benzene rings is 1. The topological polar surface area (TPSA) is 46.3 Å². The predicted octanol–water partition coefficient (Wildman–Crippen LogP) is 2.90. The Balaban J connectivity index is 0.00000180. The van der Waals surface area contributed by atoms with E-state index in [0.717, 1.165) is 31.4 Å². The van der Waals surface area contributed by atoms with Crippen LogP contribution in [0.1, 0.15) is 31.2 Å². The predicted molar refractivity (Wildman–Crippen MR) is 81.8 cm³/mol. The summed E-state index contributed by atoms with van der Waals surface area (Å²) in [5, 5.41) is 0. The van der Waals surface area contributed by atoms with Crippen LogP contribution < -0.4 is 10.6 Å². The van der Waals surface area contributed by atoms with E-state index >= 15 is 0 Å². The van der Waals surface area contributed by atoms with Gasteiger partial charge in [-0.05, 0) is 37.5 Å². The maximum Gasteiger partial charge on any atom is 0.234 e. The minimum absolute atomic E-state index is 0. The molecule has 1 aliphatic rings. The van der Waals surface area contributed by atoms with Crippen LogP contribution in [0, 0.1) is 12.3 Å². The second kappa shape index (κ2) is 6.40. The van der Waals surface area contributed by atoms with E-state index < -0.39 is 0 Å². The van der Waals surface area contributed by atoms with Gasteiger partial charge in [-0.15, -0.1) is 12.4 Å². The van der Waals surface area contributed by atoms with E-state index in [0.29, 0.717) is 6.54 Å². The highest BCUT2D eigenvalue weighted by atomic mass is 35.5. The van der Waals surface area contributed by atoms with Crippen LogP contribution in [-0.2, 0) is 4.79 Å². The number of rotatable bonds is 3. The first-order valence-corrected chi connectivity index (χ1v) is 6.64. The number of halogens is 1. The van der Waals surface area contributed by atoms with Gasteiger partial charge in [-0.2, -0.15) is 0 Å². The lowest BCUT2D eigenvalue weighted by Crippen LogP contribution is -2.45. The van der Waals surface area contributed by atoms with E-state index in [1.165, 1.54) is 5.56 Å². The van der Waals surface area contributed by atoms with Crippen molar-refractivity contribution in [3.05, 3.63) is 29.8 Å². The first-order chi connectivity index (χ1) is 8.59. The fraction of sp³-hybridized carbons (Fsp3) is 0.533. The van der Waals surface area contributed by atoms with Gasteiger partial charge in [0, 0.05) is 19.3 Å². The Kier molecular flexibility index (Phi) is 5.39. The number of nitrogens with two attached hydrogens (primary N) is 1. The lowest BCUT2D eigenvalue weighted by molar-refractivity contribution is -0.127. The average molecular weight is 283 g/mol. The highest BCUT2D eigenvalue weighted by Crippen LogP contribution is 2.39. The van der Waals surface area contributed by atoms with Gasteiger partial charge in [0.2, 0.25) is 5.91 Å². The molecular formula is C15H23ClN2O. The number of anilines is 1. The number of hydrogen-bond donors (Lipinski definition) is 1. The van der Waals surface area contributed by atoms with Crippen LogP contribution in [0.5, 0.6) is 0 Å². The maximum absolute atomic E-state index is 12.7. The summed E-state index contributed by atoms with van der Waals surface area (Å²) in [4.78, 5) is 14.4. The molecule has 0 aromatic heterocycles. The van der Waals surface area contributed by atoms with Gasteiger partial charge in [0.25, 0.3) is 0 Å². The largest absolute Gasteiger partial charge is 0.329 e. The standard InChI is InChI=1S/C15H22N2O.ClH/c1-12-6-5-7-13(10-12)17(2)14(18)15(11-16)8-3-4-9-15;/h5-7,10H,3-4,8-9,11,16H2,1-2H3;1H. The van der Waals surface area contributed by atoms with Crippen LogP contribution in [0.15, 0.2) is 24.3 Å². The van der Waals surface area contributed by atoms with Crippen molar-refractivity contribution >= 4 is 24.0 Å². The SMILES string of the molecule is Cc1cccc(N(C)C(=O)C2(CN)CCCC2)c1.Cl. The van der Waals surface area contributed by atoms with E-state index in [9.17, 15) is 4.79 Å². The van der Waals surface area contributed by atoms with Crippen molar-refractivity contribution in [2.24, 2.45) is 11.1 Å². The number of nitrogens with zero attached hydrogens (tertiary/aromatic N) is 1. The summed E-state index contributed by atoms with van der Waals surface area (Å²) in [5.74, 6) is 0.174. The summed E-state index contributed by atoms with van der Waals surface area (Å²) >= 11 is 0. The second-order valence-corrected chi connectivity index (χ2v) is 5.39. The number of carbonyl (C=O) groups is 1. The number of carbonyl (C=O) groups excluding carboxylic acids is 1. The number of aryl methyl sites for hydroxylation is 1. The molecule has 0 atom stereocenters. The lowest BCUT2D eigenvalue weighted by Gasteiger charge is -2.31. The van der Waals surface area contributed by atoms with Crippen molar-refractivity contribution in [1.29, 1.82) is 0 Å². The van der Waals surface area contributed by atoms with Crippen LogP contribution in [0.3, 0.4) is 0 Å². The van der Waals surface area contributed by atoms with Crippen molar-refractivity contribution < 1.29 is 4.79 Å². The molecule has 2 rings (SSSR count). The molecule has 0 unspecified atom stereocenters. The summed E-state index contributed by atoms with van der Waals surface area (Å²) in [6.07, 6.45) is 4.09. The zero-order valence-electron chi connectivity index (χ0n) is 11.7. The van der Waals surface area contributed by atoms with Crippen molar-refractivity contribution in [2.75, 3.05) is 18.5 Å². The average Bonchev–Trinajstić information content (AvgIpc) is 2.87.